The summed E-state index contributed by atoms with van der Waals surface area (Å²) in [6, 6.07) is 6.02. The zero-order valence-electron chi connectivity index (χ0n) is 9.74. The second kappa shape index (κ2) is 3.38. The Hall–Kier alpha value is -2.23. The number of H-pyrrole nitrogens is 1. The molecule has 3 N–H and O–H groups in total. The summed E-state index contributed by atoms with van der Waals surface area (Å²) in [5.74, 6) is 1.09. The van der Waals surface area contributed by atoms with E-state index < -0.39 is 0 Å². The SMILES string of the molecule is Cc1cc(C)c2[nH]cc(-c3cc(N)no3)c2c1. The number of rotatable bonds is 1. The molecule has 4 heteroatoms. The lowest BCUT2D eigenvalue weighted by molar-refractivity contribution is 0.436. The van der Waals surface area contributed by atoms with Crippen LogP contribution in [0.15, 0.2) is 28.9 Å². The molecule has 2 heterocycles. The molecular formula is C13H13N3O. The van der Waals surface area contributed by atoms with Crippen molar-refractivity contribution in [3.05, 3.63) is 35.5 Å². The number of aromatic nitrogens is 2. The normalized spacial score (nSPS) is 11.2. The van der Waals surface area contributed by atoms with Gasteiger partial charge in [0.05, 0.1) is 0 Å². The number of aromatic amines is 1. The molecule has 0 radical (unpaired) electrons. The predicted octanol–water partition coefficient (Wildman–Crippen LogP) is 3.02. The van der Waals surface area contributed by atoms with Crippen LogP contribution in [0.25, 0.3) is 22.2 Å². The number of fused-ring (bicyclic) bond motifs is 1. The Balaban J connectivity index is 2.31. The van der Waals surface area contributed by atoms with Gasteiger partial charge in [0.25, 0.3) is 0 Å². The lowest BCUT2D eigenvalue weighted by atomic mass is 10.0. The number of hydrogen-bond acceptors (Lipinski definition) is 3. The Kier molecular flexibility index (Phi) is 1.98. The van der Waals surface area contributed by atoms with Crippen molar-refractivity contribution in [1.29, 1.82) is 0 Å². The van der Waals surface area contributed by atoms with Gasteiger partial charge in [-0.15, -0.1) is 0 Å². The van der Waals surface area contributed by atoms with Gasteiger partial charge in [0.1, 0.15) is 0 Å². The highest BCUT2D eigenvalue weighted by Crippen LogP contribution is 2.31. The molecule has 17 heavy (non-hydrogen) atoms. The molecule has 0 fully saturated rings. The molecule has 0 unspecified atom stereocenters. The topological polar surface area (TPSA) is 67.8 Å². The van der Waals surface area contributed by atoms with Gasteiger partial charge in [-0.2, -0.15) is 0 Å². The highest BCUT2D eigenvalue weighted by molar-refractivity contribution is 5.96. The Morgan fingerprint density at radius 2 is 2.06 bits per heavy atom. The van der Waals surface area contributed by atoms with Crippen molar-refractivity contribution in [1.82, 2.24) is 10.1 Å². The van der Waals surface area contributed by atoms with Crippen molar-refractivity contribution < 1.29 is 4.52 Å². The number of aryl methyl sites for hydroxylation is 2. The second-order valence-electron chi connectivity index (χ2n) is 4.32. The first kappa shape index (κ1) is 9.96. The number of hydrogen-bond donors (Lipinski definition) is 2. The van der Waals surface area contributed by atoms with E-state index in [1.165, 1.54) is 11.1 Å². The van der Waals surface area contributed by atoms with E-state index in [-0.39, 0.29) is 0 Å². The molecule has 0 amide bonds. The summed E-state index contributed by atoms with van der Waals surface area (Å²) in [6.45, 7) is 4.17. The summed E-state index contributed by atoms with van der Waals surface area (Å²) in [7, 11) is 0. The van der Waals surface area contributed by atoms with Gasteiger partial charge in [-0.1, -0.05) is 16.8 Å². The molecule has 3 aromatic rings. The van der Waals surface area contributed by atoms with Crippen molar-refractivity contribution in [2.75, 3.05) is 5.73 Å². The number of nitrogens with two attached hydrogens (primary N) is 1. The maximum atomic E-state index is 5.57. The summed E-state index contributed by atoms with van der Waals surface area (Å²) >= 11 is 0. The van der Waals surface area contributed by atoms with Crippen molar-refractivity contribution in [3.8, 4) is 11.3 Å². The first-order valence-electron chi connectivity index (χ1n) is 5.46. The summed E-state index contributed by atoms with van der Waals surface area (Å²) in [4.78, 5) is 3.26. The van der Waals surface area contributed by atoms with Gasteiger partial charge in [-0.05, 0) is 25.5 Å². The number of anilines is 1. The Labute approximate surface area is 98.4 Å². The Morgan fingerprint density at radius 3 is 2.76 bits per heavy atom. The lowest BCUT2D eigenvalue weighted by Gasteiger charge is -2.00. The zero-order valence-corrected chi connectivity index (χ0v) is 9.74. The average Bonchev–Trinajstić information content (AvgIpc) is 2.83. The summed E-state index contributed by atoms with van der Waals surface area (Å²) < 4.78 is 5.20. The first-order valence-corrected chi connectivity index (χ1v) is 5.46. The molecule has 0 spiro atoms. The lowest BCUT2D eigenvalue weighted by Crippen LogP contribution is -1.80. The molecule has 3 rings (SSSR count). The molecule has 0 aliphatic rings. The van der Waals surface area contributed by atoms with Crippen molar-refractivity contribution in [2.24, 2.45) is 0 Å². The number of nitrogens with zero attached hydrogens (tertiary/aromatic N) is 1. The molecule has 0 saturated heterocycles. The fourth-order valence-electron chi connectivity index (χ4n) is 2.21. The van der Waals surface area contributed by atoms with E-state index in [2.05, 4.69) is 36.1 Å². The van der Waals surface area contributed by atoms with Crippen LogP contribution in [0.3, 0.4) is 0 Å². The predicted molar refractivity (Wildman–Crippen MR) is 67.7 cm³/mol. The van der Waals surface area contributed by atoms with E-state index in [0.29, 0.717) is 11.6 Å². The van der Waals surface area contributed by atoms with Gasteiger partial charge in [0.2, 0.25) is 0 Å². The van der Waals surface area contributed by atoms with Crippen LogP contribution in [-0.2, 0) is 0 Å². The molecule has 0 saturated carbocycles. The van der Waals surface area contributed by atoms with Gasteiger partial charge in [-0.25, -0.2) is 0 Å². The summed E-state index contributed by atoms with van der Waals surface area (Å²) in [6.07, 6.45) is 1.93. The monoisotopic (exact) mass is 227 g/mol. The highest BCUT2D eigenvalue weighted by atomic mass is 16.5. The van der Waals surface area contributed by atoms with E-state index in [9.17, 15) is 0 Å². The van der Waals surface area contributed by atoms with Crippen molar-refractivity contribution in [2.45, 2.75) is 13.8 Å². The third-order valence-corrected chi connectivity index (χ3v) is 2.92. The molecule has 86 valence electrons. The van der Waals surface area contributed by atoms with Crippen LogP contribution in [0.1, 0.15) is 11.1 Å². The van der Waals surface area contributed by atoms with Crippen LogP contribution < -0.4 is 5.73 Å². The van der Waals surface area contributed by atoms with Gasteiger partial charge in [0, 0.05) is 28.7 Å². The number of nitrogen functional groups attached to an aromatic ring is 1. The minimum Gasteiger partial charge on any atom is -0.381 e. The standard InChI is InChI=1S/C13H13N3O/c1-7-3-8(2)13-9(4-7)10(6-15-13)11-5-12(14)16-17-11/h3-6,15H,1-2H3,(H2,14,16). The fraction of sp³-hybridized carbons (Fsp3) is 0.154. The smallest absolute Gasteiger partial charge is 0.171 e. The Bertz CT molecular complexity index is 694. The van der Waals surface area contributed by atoms with Gasteiger partial charge < -0.3 is 15.2 Å². The van der Waals surface area contributed by atoms with Gasteiger partial charge >= 0.3 is 0 Å². The van der Waals surface area contributed by atoms with Gasteiger partial charge in [0.15, 0.2) is 11.6 Å². The quantitative estimate of drug-likeness (QED) is 0.671. The van der Waals surface area contributed by atoms with Crippen LogP contribution >= 0.6 is 0 Å². The van der Waals surface area contributed by atoms with Crippen LogP contribution in [-0.4, -0.2) is 10.1 Å². The van der Waals surface area contributed by atoms with E-state index in [1.54, 1.807) is 6.07 Å². The van der Waals surface area contributed by atoms with Crippen LogP contribution in [0, 0.1) is 13.8 Å². The van der Waals surface area contributed by atoms with Crippen LogP contribution in [0.5, 0.6) is 0 Å². The zero-order chi connectivity index (χ0) is 12.0. The molecule has 1 aromatic carbocycles. The molecule has 0 aliphatic carbocycles. The molecule has 4 nitrogen and oxygen atoms in total. The van der Waals surface area contributed by atoms with E-state index >= 15 is 0 Å². The minimum atomic E-state index is 0.402. The summed E-state index contributed by atoms with van der Waals surface area (Å²) in [5, 5.41) is 4.85. The van der Waals surface area contributed by atoms with Crippen LogP contribution in [0.2, 0.25) is 0 Å². The third-order valence-electron chi connectivity index (χ3n) is 2.92. The van der Waals surface area contributed by atoms with E-state index in [0.717, 1.165) is 16.5 Å². The average molecular weight is 227 g/mol. The number of benzene rings is 1. The Morgan fingerprint density at radius 1 is 1.24 bits per heavy atom. The highest BCUT2D eigenvalue weighted by Gasteiger charge is 2.12. The molecule has 0 atom stereocenters. The molecule has 0 aliphatic heterocycles. The maximum absolute atomic E-state index is 5.57. The molecular weight excluding hydrogens is 214 g/mol. The minimum absolute atomic E-state index is 0.402. The molecule has 0 bridgehead atoms. The fourth-order valence-corrected chi connectivity index (χ4v) is 2.21. The second-order valence-corrected chi connectivity index (χ2v) is 4.32. The van der Waals surface area contributed by atoms with Crippen LogP contribution in [0.4, 0.5) is 5.82 Å². The third kappa shape index (κ3) is 1.49. The van der Waals surface area contributed by atoms with Crippen molar-refractivity contribution in [3.63, 3.8) is 0 Å². The maximum Gasteiger partial charge on any atom is 0.171 e. The summed E-state index contributed by atoms with van der Waals surface area (Å²) in [5.41, 5.74) is 10.1. The first-order chi connectivity index (χ1) is 8.15. The van der Waals surface area contributed by atoms with E-state index in [4.69, 9.17) is 10.3 Å². The molecule has 2 aromatic heterocycles. The van der Waals surface area contributed by atoms with Gasteiger partial charge in [-0.3, -0.25) is 0 Å². The van der Waals surface area contributed by atoms with Crippen molar-refractivity contribution >= 4 is 16.7 Å². The number of nitrogens with one attached hydrogen (secondary N) is 1. The largest absolute Gasteiger partial charge is 0.381 e. The van der Waals surface area contributed by atoms with E-state index in [1.807, 2.05) is 6.20 Å².